The average molecular weight is 281 g/mol. The summed E-state index contributed by atoms with van der Waals surface area (Å²) in [5, 5.41) is 0. The molecule has 2 rings (SSSR count). The molecule has 0 spiro atoms. The molecule has 1 aliphatic heterocycles. The van der Waals surface area contributed by atoms with Gasteiger partial charge in [-0.25, -0.2) is 9.18 Å². The fourth-order valence-electron chi connectivity index (χ4n) is 2.59. The molecule has 1 fully saturated rings. The zero-order valence-electron chi connectivity index (χ0n) is 12.2. The maximum atomic E-state index is 13.2. The van der Waals surface area contributed by atoms with Crippen LogP contribution in [0.2, 0.25) is 0 Å². The summed E-state index contributed by atoms with van der Waals surface area (Å²) in [7, 11) is 0. The fourth-order valence-corrected chi connectivity index (χ4v) is 2.59. The Labute approximate surface area is 118 Å². The monoisotopic (exact) mass is 281 g/mol. The largest absolute Gasteiger partial charge is 0.456 e. The number of anilines is 1. The van der Waals surface area contributed by atoms with Crippen molar-refractivity contribution in [2.24, 2.45) is 0 Å². The topological polar surface area (TPSA) is 61.5 Å². The van der Waals surface area contributed by atoms with Gasteiger partial charge in [-0.2, -0.15) is 0 Å². The van der Waals surface area contributed by atoms with Crippen molar-refractivity contribution in [2.75, 3.05) is 5.73 Å². The normalized spacial score (nSPS) is 23.6. The Bertz CT molecular complexity index is 540. The fraction of sp³-hybridized carbons (Fsp3) is 0.533. The number of esters is 1. The van der Waals surface area contributed by atoms with E-state index in [0.717, 1.165) is 6.07 Å². The Morgan fingerprint density at radius 2 is 2.05 bits per heavy atom. The zero-order valence-corrected chi connectivity index (χ0v) is 12.2. The number of ether oxygens (including phenoxy) is 2. The third-order valence-corrected chi connectivity index (χ3v) is 3.48. The molecular weight excluding hydrogens is 261 g/mol. The van der Waals surface area contributed by atoms with Gasteiger partial charge in [0.15, 0.2) is 0 Å². The van der Waals surface area contributed by atoms with Crippen molar-refractivity contribution in [1.82, 2.24) is 0 Å². The Morgan fingerprint density at radius 1 is 1.40 bits per heavy atom. The van der Waals surface area contributed by atoms with Crippen molar-refractivity contribution >= 4 is 11.7 Å². The second-order valence-corrected chi connectivity index (χ2v) is 6.29. The van der Waals surface area contributed by atoms with Crippen molar-refractivity contribution < 1.29 is 18.7 Å². The van der Waals surface area contributed by atoms with Crippen LogP contribution < -0.4 is 5.73 Å². The number of nitrogen functional groups attached to an aromatic ring is 1. The number of rotatable bonds is 2. The molecular formula is C15H20FNO3. The van der Waals surface area contributed by atoms with E-state index in [1.165, 1.54) is 12.1 Å². The molecule has 0 aliphatic carbocycles. The molecule has 0 aromatic heterocycles. The van der Waals surface area contributed by atoms with Crippen molar-refractivity contribution in [2.45, 2.75) is 51.4 Å². The van der Waals surface area contributed by atoms with E-state index in [4.69, 9.17) is 15.2 Å². The molecule has 20 heavy (non-hydrogen) atoms. The van der Waals surface area contributed by atoms with Crippen LogP contribution in [0.15, 0.2) is 18.2 Å². The first-order valence-corrected chi connectivity index (χ1v) is 6.57. The van der Waals surface area contributed by atoms with Crippen LogP contribution in [0.25, 0.3) is 0 Å². The molecule has 0 amide bonds. The summed E-state index contributed by atoms with van der Waals surface area (Å²) in [5.74, 6) is -1.14. The molecule has 110 valence electrons. The van der Waals surface area contributed by atoms with Gasteiger partial charge in [0.1, 0.15) is 17.5 Å². The van der Waals surface area contributed by atoms with Gasteiger partial charge < -0.3 is 15.2 Å². The first-order valence-electron chi connectivity index (χ1n) is 6.57. The number of hydrogen-bond donors (Lipinski definition) is 1. The Hall–Kier alpha value is -1.62. The number of halogens is 1. The molecule has 4 nitrogen and oxygen atoms in total. The predicted octanol–water partition coefficient (Wildman–Crippen LogP) is 2.91. The van der Waals surface area contributed by atoms with Crippen LogP contribution in [0.4, 0.5) is 10.1 Å². The van der Waals surface area contributed by atoms with Crippen LogP contribution >= 0.6 is 0 Å². The lowest BCUT2D eigenvalue weighted by molar-refractivity contribution is -0.0924. The van der Waals surface area contributed by atoms with Crippen molar-refractivity contribution in [3.63, 3.8) is 0 Å². The molecule has 1 atom stereocenters. The van der Waals surface area contributed by atoms with Gasteiger partial charge >= 0.3 is 5.97 Å². The quantitative estimate of drug-likeness (QED) is 0.669. The van der Waals surface area contributed by atoms with Gasteiger partial charge in [0.05, 0.1) is 11.2 Å². The number of hydrogen-bond acceptors (Lipinski definition) is 4. The van der Waals surface area contributed by atoms with Gasteiger partial charge in [-0.05, 0) is 45.9 Å². The smallest absolute Gasteiger partial charge is 0.340 e. The number of benzene rings is 1. The highest BCUT2D eigenvalue weighted by molar-refractivity contribution is 5.95. The molecule has 2 N–H and O–H groups in total. The zero-order chi connectivity index (χ0) is 15.1. The summed E-state index contributed by atoms with van der Waals surface area (Å²) in [5.41, 5.74) is 4.99. The summed E-state index contributed by atoms with van der Waals surface area (Å²) in [6, 6.07) is 3.65. The molecule has 1 aromatic carbocycles. The highest BCUT2D eigenvalue weighted by atomic mass is 19.1. The molecule has 5 heteroatoms. The summed E-state index contributed by atoms with van der Waals surface area (Å²) in [6.07, 6.45) is 0.189. The van der Waals surface area contributed by atoms with E-state index in [1.54, 1.807) is 0 Å². The van der Waals surface area contributed by atoms with E-state index in [-0.39, 0.29) is 16.9 Å². The molecule has 0 bridgehead atoms. The van der Waals surface area contributed by atoms with Gasteiger partial charge in [0.2, 0.25) is 0 Å². The minimum atomic E-state index is -0.624. The minimum Gasteiger partial charge on any atom is -0.456 e. The third kappa shape index (κ3) is 2.93. The standard InChI is InChI=1S/C15H20FNO3/c1-14(2)8-12(15(3,4)20-14)19-13(18)10-7-9(16)5-6-11(10)17/h5-7,12H,8,17H2,1-4H3. The molecule has 0 saturated carbocycles. The van der Waals surface area contributed by atoms with E-state index in [9.17, 15) is 9.18 Å². The van der Waals surface area contributed by atoms with Gasteiger partial charge in [-0.3, -0.25) is 0 Å². The Balaban J connectivity index is 2.18. The first kappa shape index (κ1) is 14.8. The molecule has 1 saturated heterocycles. The lowest BCUT2D eigenvalue weighted by Gasteiger charge is -2.26. The second kappa shape index (κ2) is 4.74. The molecule has 1 aromatic rings. The summed E-state index contributed by atoms with van der Waals surface area (Å²) in [4.78, 5) is 12.1. The highest BCUT2D eigenvalue weighted by Gasteiger charge is 2.48. The Kier molecular flexibility index (Phi) is 3.50. The van der Waals surface area contributed by atoms with Crippen LogP contribution in [-0.2, 0) is 9.47 Å². The molecule has 0 radical (unpaired) electrons. The summed E-state index contributed by atoms with van der Waals surface area (Å²) in [6.45, 7) is 7.63. The van der Waals surface area contributed by atoms with E-state index in [0.29, 0.717) is 6.42 Å². The van der Waals surface area contributed by atoms with E-state index >= 15 is 0 Å². The Morgan fingerprint density at radius 3 is 2.60 bits per heavy atom. The maximum Gasteiger partial charge on any atom is 0.340 e. The van der Waals surface area contributed by atoms with Gasteiger partial charge in [-0.15, -0.1) is 0 Å². The first-order chi connectivity index (χ1) is 9.11. The van der Waals surface area contributed by atoms with Crippen molar-refractivity contribution in [3.05, 3.63) is 29.6 Å². The number of carbonyl (C=O) groups is 1. The van der Waals surface area contributed by atoms with E-state index < -0.39 is 23.5 Å². The van der Waals surface area contributed by atoms with Gasteiger partial charge in [0, 0.05) is 12.1 Å². The van der Waals surface area contributed by atoms with Crippen LogP contribution in [0, 0.1) is 5.82 Å². The van der Waals surface area contributed by atoms with Crippen LogP contribution in [0.3, 0.4) is 0 Å². The summed E-state index contributed by atoms with van der Waals surface area (Å²) >= 11 is 0. The second-order valence-electron chi connectivity index (χ2n) is 6.29. The maximum absolute atomic E-state index is 13.2. The predicted molar refractivity (Wildman–Crippen MR) is 73.9 cm³/mol. The van der Waals surface area contributed by atoms with E-state index in [1.807, 2.05) is 27.7 Å². The van der Waals surface area contributed by atoms with Crippen LogP contribution in [-0.4, -0.2) is 23.3 Å². The minimum absolute atomic E-state index is 0.0468. The van der Waals surface area contributed by atoms with Gasteiger partial charge in [-0.1, -0.05) is 0 Å². The van der Waals surface area contributed by atoms with Crippen molar-refractivity contribution in [1.29, 1.82) is 0 Å². The summed E-state index contributed by atoms with van der Waals surface area (Å²) < 4.78 is 24.5. The molecule has 1 heterocycles. The lowest BCUT2D eigenvalue weighted by Crippen LogP contribution is -2.36. The molecule has 1 unspecified atom stereocenters. The molecule has 1 aliphatic rings. The van der Waals surface area contributed by atoms with E-state index in [2.05, 4.69) is 0 Å². The number of nitrogens with two attached hydrogens (primary N) is 1. The third-order valence-electron chi connectivity index (χ3n) is 3.48. The average Bonchev–Trinajstić information content (AvgIpc) is 2.50. The highest BCUT2D eigenvalue weighted by Crippen LogP contribution is 2.39. The SMILES string of the molecule is CC1(C)CC(OC(=O)c2cc(F)ccc2N)C(C)(C)O1. The van der Waals surface area contributed by atoms with Crippen molar-refractivity contribution in [3.8, 4) is 0 Å². The lowest BCUT2D eigenvalue weighted by atomic mass is 9.97. The van der Waals surface area contributed by atoms with Crippen LogP contribution in [0.1, 0.15) is 44.5 Å². The number of carbonyl (C=O) groups excluding carboxylic acids is 1. The van der Waals surface area contributed by atoms with Gasteiger partial charge in [0.25, 0.3) is 0 Å². The van der Waals surface area contributed by atoms with Crippen LogP contribution in [0.5, 0.6) is 0 Å².